The van der Waals surface area contributed by atoms with Gasteiger partial charge in [0.05, 0.1) is 24.8 Å². The molecule has 0 saturated heterocycles. The Morgan fingerprint density at radius 3 is 2.67 bits per heavy atom. The molecular formula is C13H13NO3S. The van der Waals surface area contributed by atoms with Gasteiger partial charge in [0.25, 0.3) is 5.91 Å². The smallest absolute Gasteiger partial charge is 0.265 e. The van der Waals surface area contributed by atoms with Gasteiger partial charge < -0.3 is 14.8 Å². The van der Waals surface area contributed by atoms with Crippen molar-refractivity contribution in [3.05, 3.63) is 40.6 Å². The van der Waals surface area contributed by atoms with E-state index in [2.05, 4.69) is 5.32 Å². The molecule has 0 fully saturated rings. The largest absolute Gasteiger partial charge is 0.497 e. The SMILES string of the molecule is COc1ccc(OC)c(NC(=O)c2cccs2)c1. The number of benzene rings is 1. The van der Waals surface area contributed by atoms with E-state index in [4.69, 9.17) is 9.47 Å². The van der Waals surface area contributed by atoms with Crippen LogP contribution in [0.2, 0.25) is 0 Å². The van der Waals surface area contributed by atoms with Gasteiger partial charge in [-0.2, -0.15) is 0 Å². The molecule has 2 rings (SSSR count). The van der Waals surface area contributed by atoms with Crippen LogP contribution < -0.4 is 14.8 Å². The predicted molar refractivity (Wildman–Crippen MR) is 71.8 cm³/mol. The van der Waals surface area contributed by atoms with E-state index < -0.39 is 0 Å². The van der Waals surface area contributed by atoms with E-state index in [0.717, 1.165) is 0 Å². The van der Waals surface area contributed by atoms with Crippen molar-refractivity contribution < 1.29 is 14.3 Å². The van der Waals surface area contributed by atoms with E-state index in [1.54, 1.807) is 38.5 Å². The fraction of sp³-hybridized carbons (Fsp3) is 0.154. The van der Waals surface area contributed by atoms with Gasteiger partial charge in [0.15, 0.2) is 0 Å². The Balaban J connectivity index is 2.24. The Bertz CT molecular complexity index is 537. The quantitative estimate of drug-likeness (QED) is 0.922. The molecule has 1 amide bonds. The standard InChI is InChI=1S/C13H13NO3S/c1-16-9-5-6-11(17-2)10(8-9)14-13(15)12-4-3-7-18-12/h3-8H,1-2H3,(H,14,15). The maximum absolute atomic E-state index is 11.9. The number of ether oxygens (including phenoxy) is 2. The summed E-state index contributed by atoms with van der Waals surface area (Å²) in [7, 11) is 3.13. The van der Waals surface area contributed by atoms with E-state index in [1.165, 1.54) is 11.3 Å². The van der Waals surface area contributed by atoms with Crippen molar-refractivity contribution >= 4 is 22.9 Å². The second-order valence-electron chi connectivity index (χ2n) is 3.50. The van der Waals surface area contributed by atoms with E-state index in [-0.39, 0.29) is 5.91 Å². The van der Waals surface area contributed by atoms with Crippen LogP contribution >= 0.6 is 11.3 Å². The molecule has 94 valence electrons. The fourth-order valence-corrected chi connectivity index (χ4v) is 2.12. The summed E-state index contributed by atoms with van der Waals surface area (Å²) in [6, 6.07) is 8.86. The molecule has 0 aliphatic carbocycles. The topological polar surface area (TPSA) is 47.6 Å². The van der Waals surface area contributed by atoms with Crippen molar-refractivity contribution in [1.29, 1.82) is 0 Å². The predicted octanol–water partition coefficient (Wildman–Crippen LogP) is 3.02. The van der Waals surface area contributed by atoms with Crippen LogP contribution in [0.25, 0.3) is 0 Å². The minimum absolute atomic E-state index is 0.156. The number of hydrogen-bond donors (Lipinski definition) is 1. The number of methoxy groups -OCH3 is 2. The average molecular weight is 263 g/mol. The van der Waals surface area contributed by atoms with Crippen LogP contribution in [0, 0.1) is 0 Å². The van der Waals surface area contributed by atoms with E-state index in [9.17, 15) is 4.79 Å². The molecule has 0 atom stereocenters. The van der Waals surface area contributed by atoms with Gasteiger partial charge in [0.1, 0.15) is 11.5 Å². The summed E-state index contributed by atoms with van der Waals surface area (Å²) < 4.78 is 10.3. The van der Waals surface area contributed by atoms with Crippen molar-refractivity contribution in [1.82, 2.24) is 0 Å². The lowest BCUT2D eigenvalue weighted by molar-refractivity contribution is 0.103. The number of carbonyl (C=O) groups is 1. The lowest BCUT2D eigenvalue weighted by atomic mass is 10.2. The molecule has 1 N–H and O–H groups in total. The number of thiophene rings is 1. The molecule has 0 radical (unpaired) electrons. The van der Waals surface area contributed by atoms with E-state index in [1.807, 2.05) is 11.4 Å². The highest BCUT2D eigenvalue weighted by molar-refractivity contribution is 7.12. The first-order valence-corrected chi connectivity index (χ1v) is 6.19. The monoisotopic (exact) mass is 263 g/mol. The number of hydrogen-bond acceptors (Lipinski definition) is 4. The van der Waals surface area contributed by atoms with Crippen molar-refractivity contribution in [3.63, 3.8) is 0 Å². The van der Waals surface area contributed by atoms with Gasteiger partial charge in [-0.05, 0) is 23.6 Å². The van der Waals surface area contributed by atoms with Crippen LogP contribution in [0.3, 0.4) is 0 Å². The summed E-state index contributed by atoms with van der Waals surface area (Å²) in [5.74, 6) is 1.11. The summed E-state index contributed by atoms with van der Waals surface area (Å²) in [5, 5.41) is 4.66. The number of amides is 1. The van der Waals surface area contributed by atoms with Gasteiger partial charge in [-0.15, -0.1) is 11.3 Å². The fourth-order valence-electron chi connectivity index (χ4n) is 1.50. The highest BCUT2D eigenvalue weighted by Gasteiger charge is 2.11. The van der Waals surface area contributed by atoms with Gasteiger partial charge in [-0.1, -0.05) is 6.07 Å². The van der Waals surface area contributed by atoms with E-state index >= 15 is 0 Å². The average Bonchev–Trinajstić information content (AvgIpc) is 2.92. The zero-order valence-corrected chi connectivity index (χ0v) is 10.9. The van der Waals surface area contributed by atoms with Crippen LogP contribution in [-0.4, -0.2) is 20.1 Å². The Hall–Kier alpha value is -2.01. The lowest BCUT2D eigenvalue weighted by Crippen LogP contribution is -2.11. The molecule has 1 aromatic carbocycles. The molecule has 2 aromatic rings. The first-order chi connectivity index (χ1) is 8.74. The minimum atomic E-state index is -0.156. The normalized spacial score (nSPS) is 9.89. The van der Waals surface area contributed by atoms with Crippen molar-refractivity contribution in [2.45, 2.75) is 0 Å². The van der Waals surface area contributed by atoms with Crippen molar-refractivity contribution in [3.8, 4) is 11.5 Å². The van der Waals surface area contributed by atoms with Crippen molar-refractivity contribution in [2.75, 3.05) is 19.5 Å². The molecule has 0 aliphatic rings. The lowest BCUT2D eigenvalue weighted by Gasteiger charge is -2.11. The molecule has 1 heterocycles. The second-order valence-corrected chi connectivity index (χ2v) is 4.45. The van der Waals surface area contributed by atoms with E-state index in [0.29, 0.717) is 22.1 Å². The summed E-state index contributed by atoms with van der Waals surface area (Å²) >= 11 is 1.39. The van der Waals surface area contributed by atoms with Gasteiger partial charge >= 0.3 is 0 Å². The van der Waals surface area contributed by atoms with Gasteiger partial charge in [0, 0.05) is 6.07 Å². The molecule has 0 unspecified atom stereocenters. The summed E-state index contributed by atoms with van der Waals surface area (Å²) in [5.41, 5.74) is 0.593. The van der Waals surface area contributed by atoms with Gasteiger partial charge in [-0.25, -0.2) is 0 Å². The second kappa shape index (κ2) is 5.55. The molecule has 1 aromatic heterocycles. The third kappa shape index (κ3) is 2.62. The van der Waals surface area contributed by atoms with Crippen LogP contribution in [0.4, 0.5) is 5.69 Å². The number of anilines is 1. The number of rotatable bonds is 4. The molecule has 18 heavy (non-hydrogen) atoms. The maximum atomic E-state index is 11.9. The van der Waals surface area contributed by atoms with Crippen LogP contribution in [0.1, 0.15) is 9.67 Å². The summed E-state index contributed by atoms with van der Waals surface area (Å²) in [6.07, 6.45) is 0. The maximum Gasteiger partial charge on any atom is 0.265 e. The molecule has 5 heteroatoms. The summed E-state index contributed by atoms with van der Waals surface area (Å²) in [4.78, 5) is 12.6. The van der Waals surface area contributed by atoms with Crippen LogP contribution in [0.15, 0.2) is 35.7 Å². The summed E-state index contributed by atoms with van der Waals surface area (Å²) in [6.45, 7) is 0. The van der Waals surface area contributed by atoms with Crippen LogP contribution in [0.5, 0.6) is 11.5 Å². The molecule has 0 bridgehead atoms. The highest BCUT2D eigenvalue weighted by Crippen LogP contribution is 2.29. The Morgan fingerprint density at radius 2 is 2.06 bits per heavy atom. The Kier molecular flexibility index (Phi) is 3.84. The van der Waals surface area contributed by atoms with Crippen LogP contribution in [-0.2, 0) is 0 Å². The minimum Gasteiger partial charge on any atom is -0.497 e. The number of carbonyl (C=O) groups excluding carboxylic acids is 1. The highest BCUT2D eigenvalue weighted by atomic mass is 32.1. The molecule has 0 spiro atoms. The zero-order valence-electron chi connectivity index (χ0n) is 10.1. The first kappa shape index (κ1) is 12.4. The van der Waals surface area contributed by atoms with Crippen molar-refractivity contribution in [2.24, 2.45) is 0 Å². The first-order valence-electron chi connectivity index (χ1n) is 5.31. The zero-order chi connectivity index (χ0) is 13.0. The molecule has 0 saturated carbocycles. The Labute approximate surface area is 109 Å². The Morgan fingerprint density at radius 1 is 1.22 bits per heavy atom. The van der Waals surface area contributed by atoms with Gasteiger partial charge in [0.2, 0.25) is 0 Å². The number of nitrogens with one attached hydrogen (secondary N) is 1. The molecule has 0 aliphatic heterocycles. The van der Waals surface area contributed by atoms with Gasteiger partial charge in [-0.3, -0.25) is 4.79 Å². The third-order valence-corrected chi connectivity index (χ3v) is 3.27. The molecular weight excluding hydrogens is 250 g/mol. The third-order valence-electron chi connectivity index (χ3n) is 2.40. The molecule has 4 nitrogen and oxygen atoms in total.